The Hall–Kier alpha value is -0.870. The smallest absolute Gasteiger partial charge is 0.0666 e. The van der Waals surface area contributed by atoms with Crippen molar-refractivity contribution in [3.63, 3.8) is 0 Å². The molecule has 0 spiro atoms. The number of aryl methyl sites for hydroxylation is 2. The zero-order valence-corrected chi connectivity index (χ0v) is 8.25. The van der Waals surface area contributed by atoms with Gasteiger partial charge in [-0.25, -0.2) is 0 Å². The Morgan fingerprint density at radius 3 is 3.00 bits per heavy atom. The first-order valence-electron chi connectivity index (χ1n) is 4.61. The van der Waals surface area contributed by atoms with Crippen LogP contribution in [0.2, 0.25) is 0 Å². The fraction of sp³-hybridized carbons (Fsp3) is 0.667. The fourth-order valence-corrected chi connectivity index (χ4v) is 1.33. The minimum Gasteiger partial charge on any atom is -0.395 e. The predicted octanol–water partition coefficient (Wildman–Crippen LogP) is 0.0644. The van der Waals surface area contributed by atoms with E-state index < -0.39 is 0 Å². The largest absolute Gasteiger partial charge is 0.395 e. The van der Waals surface area contributed by atoms with Crippen LogP contribution in [0.5, 0.6) is 0 Å². The SMILES string of the molecule is CCc1nn(C)cc1CNCCO. The third-order valence-corrected chi connectivity index (χ3v) is 1.93. The van der Waals surface area contributed by atoms with Crippen LogP contribution >= 0.6 is 0 Å². The Morgan fingerprint density at radius 1 is 1.62 bits per heavy atom. The minimum atomic E-state index is 0.182. The average Bonchev–Trinajstić information content (AvgIpc) is 2.47. The van der Waals surface area contributed by atoms with E-state index in [-0.39, 0.29) is 6.61 Å². The highest BCUT2D eigenvalue weighted by Crippen LogP contribution is 2.05. The summed E-state index contributed by atoms with van der Waals surface area (Å²) in [4.78, 5) is 0. The van der Waals surface area contributed by atoms with Crippen LogP contribution < -0.4 is 5.32 Å². The van der Waals surface area contributed by atoms with Crippen molar-refractivity contribution in [3.8, 4) is 0 Å². The number of aliphatic hydroxyl groups excluding tert-OH is 1. The molecular weight excluding hydrogens is 166 g/mol. The molecule has 0 unspecified atom stereocenters. The highest BCUT2D eigenvalue weighted by atomic mass is 16.3. The maximum Gasteiger partial charge on any atom is 0.0666 e. The van der Waals surface area contributed by atoms with Gasteiger partial charge in [-0.3, -0.25) is 4.68 Å². The molecule has 1 aromatic rings. The molecule has 0 fully saturated rings. The Balaban J connectivity index is 2.53. The summed E-state index contributed by atoms with van der Waals surface area (Å²) in [6.45, 7) is 3.70. The van der Waals surface area contributed by atoms with E-state index in [1.165, 1.54) is 5.56 Å². The van der Waals surface area contributed by atoms with Crippen molar-refractivity contribution >= 4 is 0 Å². The first-order valence-corrected chi connectivity index (χ1v) is 4.61. The molecule has 0 radical (unpaired) electrons. The van der Waals surface area contributed by atoms with Gasteiger partial charge in [0.2, 0.25) is 0 Å². The highest BCUT2D eigenvalue weighted by Gasteiger charge is 2.03. The molecular formula is C9H17N3O. The van der Waals surface area contributed by atoms with Gasteiger partial charge < -0.3 is 10.4 Å². The molecule has 0 aromatic carbocycles. The standard InChI is InChI=1S/C9H17N3O/c1-3-9-8(6-10-4-5-13)7-12(2)11-9/h7,10,13H,3-6H2,1-2H3. The summed E-state index contributed by atoms with van der Waals surface area (Å²) in [7, 11) is 1.93. The van der Waals surface area contributed by atoms with Crippen molar-refractivity contribution in [2.24, 2.45) is 7.05 Å². The van der Waals surface area contributed by atoms with Crippen molar-refractivity contribution < 1.29 is 5.11 Å². The molecule has 0 saturated heterocycles. The van der Waals surface area contributed by atoms with Gasteiger partial charge in [0, 0.05) is 31.9 Å². The lowest BCUT2D eigenvalue weighted by Gasteiger charge is -2.00. The molecule has 0 atom stereocenters. The maximum absolute atomic E-state index is 8.59. The second-order valence-electron chi connectivity index (χ2n) is 3.03. The number of nitrogens with zero attached hydrogens (tertiary/aromatic N) is 2. The molecule has 2 N–H and O–H groups in total. The lowest BCUT2D eigenvalue weighted by molar-refractivity contribution is 0.292. The lowest BCUT2D eigenvalue weighted by Crippen LogP contribution is -2.17. The van der Waals surface area contributed by atoms with Crippen LogP contribution in [-0.2, 0) is 20.0 Å². The summed E-state index contributed by atoms with van der Waals surface area (Å²) in [6, 6.07) is 0. The van der Waals surface area contributed by atoms with Gasteiger partial charge in [-0.15, -0.1) is 0 Å². The Kier molecular flexibility index (Phi) is 3.92. The second-order valence-corrected chi connectivity index (χ2v) is 3.03. The number of aromatic nitrogens is 2. The Bertz CT molecular complexity index is 257. The normalized spacial score (nSPS) is 10.7. The van der Waals surface area contributed by atoms with E-state index in [4.69, 9.17) is 5.11 Å². The summed E-state index contributed by atoms with van der Waals surface area (Å²) in [5.74, 6) is 0. The zero-order chi connectivity index (χ0) is 9.68. The van der Waals surface area contributed by atoms with Crippen LogP contribution in [-0.4, -0.2) is 28.0 Å². The van der Waals surface area contributed by atoms with Gasteiger partial charge in [0.1, 0.15) is 0 Å². The summed E-state index contributed by atoms with van der Waals surface area (Å²) in [5.41, 5.74) is 2.35. The van der Waals surface area contributed by atoms with E-state index >= 15 is 0 Å². The van der Waals surface area contributed by atoms with E-state index in [2.05, 4.69) is 17.3 Å². The molecule has 4 heteroatoms. The second kappa shape index (κ2) is 4.99. The van der Waals surface area contributed by atoms with E-state index in [0.717, 1.165) is 18.7 Å². The van der Waals surface area contributed by atoms with Gasteiger partial charge in [-0.1, -0.05) is 6.92 Å². The molecule has 0 aliphatic rings. The molecule has 1 aromatic heterocycles. The zero-order valence-electron chi connectivity index (χ0n) is 8.25. The van der Waals surface area contributed by atoms with Crippen molar-refractivity contribution in [2.45, 2.75) is 19.9 Å². The van der Waals surface area contributed by atoms with E-state index in [9.17, 15) is 0 Å². The Labute approximate surface area is 78.6 Å². The van der Waals surface area contributed by atoms with Gasteiger partial charge in [0.15, 0.2) is 0 Å². The molecule has 4 nitrogen and oxygen atoms in total. The first kappa shape index (κ1) is 10.2. The summed E-state index contributed by atoms with van der Waals surface area (Å²) in [5, 5.41) is 16.1. The van der Waals surface area contributed by atoms with Gasteiger partial charge >= 0.3 is 0 Å². The van der Waals surface area contributed by atoms with Crippen molar-refractivity contribution in [2.75, 3.05) is 13.2 Å². The maximum atomic E-state index is 8.59. The number of hydrogen-bond acceptors (Lipinski definition) is 3. The fourth-order valence-electron chi connectivity index (χ4n) is 1.33. The molecule has 1 rings (SSSR count). The molecule has 0 amide bonds. The molecule has 0 aliphatic carbocycles. The molecule has 74 valence electrons. The van der Waals surface area contributed by atoms with Gasteiger partial charge in [-0.05, 0) is 6.42 Å². The van der Waals surface area contributed by atoms with E-state index in [0.29, 0.717) is 6.54 Å². The summed E-state index contributed by atoms with van der Waals surface area (Å²) in [6.07, 6.45) is 2.97. The molecule has 0 bridgehead atoms. The molecule has 0 aliphatic heterocycles. The summed E-state index contributed by atoms with van der Waals surface area (Å²) < 4.78 is 1.83. The Morgan fingerprint density at radius 2 is 2.38 bits per heavy atom. The van der Waals surface area contributed by atoms with Crippen molar-refractivity contribution in [1.29, 1.82) is 0 Å². The van der Waals surface area contributed by atoms with Crippen LogP contribution in [0.1, 0.15) is 18.2 Å². The number of hydrogen-bond donors (Lipinski definition) is 2. The van der Waals surface area contributed by atoms with Gasteiger partial charge in [-0.2, -0.15) is 5.10 Å². The highest BCUT2D eigenvalue weighted by molar-refractivity contribution is 5.16. The molecule has 0 saturated carbocycles. The van der Waals surface area contributed by atoms with Crippen molar-refractivity contribution in [3.05, 3.63) is 17.5 Å². The van der Waals surface area contributed by atoms with E-state index in [1.807, 2.05) is 17.9 Å². The van der Waals surface area contributed by atoms with Crippen molar-refractivity contribution in [1.82, 2.24) is 15.1 Å². The molecule has 13 heavy (non-hydrogen) atoms. The average molecular weight is 183 g/mol. The first-order chi connectivity index (χ1) is 6.27. The third kappa shape index (κ3) is 2.82. The number of nitrogens with one attached hydrogen (secondary N) is 1. The minimum absolute atomic E-state index is 0.182. The number of rotatable bonds is 5. The van der Waals surface area contributed by atoms with Crippen LogP contribution in [0.3, 0.4) is 0 Å². The monoisotopic (exact) mass is 183 g/mol. The van der Waals surface area contributed by atoms with Gasteiger partial charge in [0.25, 0.3) is 0 Å². The summed E-state index contributed by atoms with van der Waals surface area (Å²) >= 11 is 0. The quantitative estimate of drug-likeness (QED) is 0.635. The van der Waals surface area contributed by atoms with Crippen LogP contribution in [0.15, 0.2) is 6.20 Å². The number of aliphatic hydroxyl groups is 1. The van der Waals surface area contributed by atoms with Crippen LogP contribution in [0.4, 0.5) is 0 Å². The predicted molar refractivity (Wildman–Crippen MR) is 51.4 cm³/mol. The van der Waals surface area contributed by atoms with Crippen LogP contribution in [0, 0.1) is 0 Å². The van der Waals surface area contributed by atoms with E-state index in [1.54, 1.807) is 0 Å². The lowest BCUT2D eigenvalue weighted by atomic mass is 10.2. The third-order valence-electron chi connectivity index (χ3n) is 1.93. The van der Waals surface area contributed by atoms with Crippen LogP contribution in [0.25, 0.3) is 0 Å². The topological polar surface area (TPSA) is 50.1 Å². The molecule has 1 heterocycles. The van der Waals surface area contributed by atoms with Gasteiger partial charge in [0.05, 0.1) is 12.3 Å².